The lowest BCUT2D eigenvalue weighted by molar-refractivity contribution is 0.0646. The van der Waals surface area contributed by atoms with Crippen LogP contribution >= 0.6 is 0 Å². The van der Waals surface area contributed by atoms with E-state index in [4.69, 9.17) is 15.3 Å². The van der Waals surface area contributed by atoms with Crippen molar-refractivity contribution in [2.75, 3.05) is 0 Å². The van der Waals surface area contributed by atoms with Gasteiger partial charge < -0.3 is 20.3 Å². The Kier molecular flexibility index (Phi) is 2.43. The Morgan fingerprint density at radius 1 is 1.25 bits per heavy atom. The molecule has 86 valence electrons. The number of carbonyl (C=O) groups is 2. The minimum absolute atomic E-state index is 0.161. The quantitative estimate of drug-likeness (QED) is 0.605. The molecule has 0 spiro atoms. The van der Waals surface area contributed by atoms with Crippen LogP contribution in [0.3, 0.4) is 0 Å². The molecule has 0 bridgehead atoms. The SMILES string of the molecule is O=C(O)c1[nH]c(C2CC2)c(CO)c1C(=O)O. The molecule has 0 amide bonds. The van der Waals surface area contributed by atoms with Crippen LogP contribution in [0.25, 0.3) is 0 Å². The molecule has 0 unspecified atom stereocenters. The van der Waals surface area contributed by atoms with Crippen molar-refractivity contribution in [3.63, 3.8) is 0 Å². The molecule has 2 rings (SSSR count). The lowest BCUT2D eigenvalue weighted by Gasteiger charge is -1.99. The molecule has 0 atom stereocenters. The van der Waals surface area contributed by atoms with Gasteiger partial charge in [0.05, 0.1) is 12.2 Å². The summed E-state index contributed by atoms with van der Waals surface area (Å²) in [5, 5.41) is 27.0. The first-order valence-corrected chi connectivity index (χ1v) is 4.88. The van der Waals surface area contributed by atoms with Crippen LogP contribution < -0.4 is 0 Å². The number of aromatic amines is 1. The Hall–Kier alpha value is -1.82. The van der Waals surface area contributed by atoms with Crippen LogP contribution in [0.15, 0.2) is 0 Å². The minimum Gasteiger partial charge on any atom is -0.478 e. The number of aromatic nitrogens is 1. The van der Waals surface area contributed by atoms with Gasteiger partial charge in [-0.3, -0.25) is 0 Å². The van der Waals surface area contributed by atoms with E-state index in [9.17, 15) is 9.59 Å². The van der Waals surface area contributed by atoms with Gasteiger partial charge in [0, 0.05) is 11.3 Å². The van der Waals surface area contributed by atoms with Crippen molar-refractivity contribution < 1.29 is 24.9 Å². The Labute approximate surface area is 90.5 Å². The first-order chi connectivity index (χ1) is 7.56. The number of nitrogens with one attached hydrogen (secondary N) is 1. The van der Waals surface area contributed by atoms with Gasteiger partial charge in [0.2, 0.25) is 0 Å². The number of hydrogen-bond donors (Lipinski definition) is 4. The van der Waals surface area contributed by atoms with E-state index < -0.39 is 18.5 Å². The van der Waals surface area contributed by atoms with Crippen molar-refractivity contribution in [2.45, 2.75) is 25.4 Å². The number of carboxylic acid groups (broad SMARTS) is 2. The monoisotopic (exact) mass is 225 g/mol. The summed E-state index contributed by atoms with van der Waals surface area (Å²) in [6.07, 6.45) is 1.79. The molecule has 0 saturated heterocycles. The van der Waals surface area contributed by atoms with Crippen LogP contribution in [0, 0.1) is 0 Å². The second-order valence-corrected chi connectivity index (χ2v) is 3.81. The maximum absolute atomic E-state index is 11.0. The first-order valence-electron chi connectivity index (χ1n) is 4.88. The van der Waals surface area contributed by atoms with Crippen LogP contribution in [0.2, 0.25) is 0 Å². The molecule has 1 aromatic heterocycles. The average Bonchev–Trinajstić information content (AvgIpc) is 2.96. The first kappa shape index (κ1) is 10.7. The van der Waals surface area contributed by atoms with Crippen LogP contribution in [-0.2, 0) is 6.61 Å². The Bertz CT molecular complexity index is 458. The van der Waals surface area contributed by atoms with E-state index in [2.05, 4.69) is 4.98 Å². The van der Waals surface area contributed by atoms with Gasteiger partial charge in [0.1, 0.15) is 5.69 Å². The summed E-state index contributed by atoms with van der Waals surface area (Å²) < 4.78 is 0. The van der Waals surface area contributed by atoms with Crippen molar-refractivity contribution >= 4 is 11.9 Å². The van der Waals surface area contributed by atoms with Gasteiger partial charge in [0.15, 0.2) is 0 Å². The van der Waals surface area contributed by atoms with Gasteiger partial charge in [-0.15, -0.1) is 0 Å². The normalized spacial score (nSPS) is 15.1. The van der Waals surface area contributed by atoms with Crippen LogP contribution in [0.5, 0.6) is 0 Å². The third kappa shape index (κ3) is 1.57. The molecule has 1 heterocycles. The van der Waals surface area contributed by atoms with E-state index in [0.717, 1.165) is 12.8 Å². The number of aliphatic hydroxyl groups is 1. The van der Waals surface area contributed by atoms with Crippen LogP contribution in [0.1, 0.15) is 50.9 Å². The summed E-state index contributed by atoms with van der Waals surface area (Å²) in [6, 6.07) is 0. The maximum Gasteiger partial charge on any atom is 0.353 e. The molecule has 1 aliphatic rings. The van der Waals surface area contributed by atoms with E-state index >= 15 is 0 Å². The zero-order chi connectivity index (χ0) is 11.9. The highest BCUT2D eigenvalue weighted by atomic mass is 16.4. The average molecular weight is 225 g/mol. The maximum atomic E-state index is 11.0. The predicted octanol–water partition coefficient (Wildman–Crippen LogP) is 0.781. The van der Waals surface area contributed by atoms with E-state index in [1.54, 1.807) is 0 Å². The van der Waals surface area contributed by atoms with Crippen molar-refractivity contribution in [2.24, 2.45) is 0 Å². The molecule has 1 fully saturated rings. The number of rotatable bonds is 4. The fourth-order valence-corrected chi connectivity index (χ4v) is 1.84. The summed E-state index contributed by atoms with van der Waals surface area (Å²) in [4.78, 5) is 24.4. The number of aliphatic hydroxyl groups excluding tert-OH is 1. The molecular formula is C10H11NO5. The summed E-state index contributed by atoms with van der Waals surface area (Å²) in [6.45, 7) is -0.461. The molecule has 0 aliphatic heterocycles. The smallest absolute Gasteiger partial charge is 0.353 e. The third-order valence-corrected chi connectivity index (χ3v) is 2.71. The van der Waals surface area contributed by atoms with Crippen molar-refractivity contribution in [1.29, 1.82) is 0 Å². The molecule has 0 radical (unpaired) electrons. The molecule has 1 saturated carbocycles. The number of aromatic carboxylic acids is 2. The number of H-pyrrole nitrogens is 1. The Balaban J connectivity index is 2.60. The highest BCUT2D eigenvalue weighted by Gasteiger charge is 2.33. The zero-order valence-corrected chi connectivity index (χ0v) is 8.36. The van der Waals surface area contributed by atoms with Gasteiger partial charge in [-0.25, -0.2) is 9.59 Å². The lowest BCUT2D eigenvalue weighted by atomic mass is 10.1. The molecule has 1 aromatic rings. The minimum atomic E-state index is -1.33. The lowest BCUT2D eigenvalue weighted by Crippen LogP contribution is -2.08. The number of hydrogen-bond acceptors (Lipinski definition) is 3. The highest BCUT2D eigenvalue weighted by molar-refractivity contribution is 6.02. The Morgan fingerprint density at radius 2 is 1.88 bits per heavy atom. The van der Waals surface area contributed by atoms with Gasteiger partial charge in [-0.05, 0) is 18.8 Å². The van der Waals surface area contributed by atoms with Crippen molar-refractivity contribution in [1.82, 2.24) is 4.98 Å². The topological polar surface area (TPSA) is 111 Å². The van der Waals surface area contributed by atoms with E-state index in [-0.39, 0.29) is 22.7 Å². The molecular weight excluding hydrogens is 214 g/mol. The molecule has 6 heteroatoms. The second-order valence-electron chi connectivity index (χ2n) is 3.81. The summed E-state index contributed by atoms with van der Waals surface area (Å²) in [5.41, 5.74) is 0.0834. The molecule has 16 heavy (non-hydrogen) atoms. The van der Waals surface area contributed by atoms with Gasteiger partial charge in [-0.1, -0.05) is 0 Å². The molecule has 4 N–H and O–H groups in total. The highest BCUT2D eigenvalue weighted by Crippen LogP contribution is 2.42. The second kappa shape index (κ2) is 3.64. The standard InChI is InChI=1S/C10H11NO5/c12-3-5-6(9(13)14)8(10(15)16)11-7(5)4-1-2-4/h4,11-12H,1-3H2,(H,13,14)(H,15,16). The fraction of sp³-hybridized carbons (Fsp3) is 0.400. The predicted molar refractivity (Wildman–Crippen MR) is 52.6 cm³/mol. The summed E-state index contributed by atoms with van der Waals surface area (Å²) >= 11 is 0. The molecule has 0 aromatic carbocycles. The fourth-order valence-electron chi connectivity index (χ4n) is 1.84. The molecule has 1 aliphatic carbocycles. The zero-order valence-electron chi connectivity index (χ0n) is 8.36. The Morgan fingerprint density at radius 3 is 2.25 bits per heavy atom. The van der Waals surface area contributed by atoms with Crippen molar-refractivity contribution in [3.8, 4) is 0 Å². The van der Waals surface area contributed by atoms with Gasteiger partial charge in [-0.2, -0.15) is 0 Å². The number of carboxylic acids is 2. The summed E-state index contributed by atoms with van der Waals surface area (Å²) in [7, 11) is 0. The van der Waals surface area contributed by atoms with Crippen molar-refractivity contribution in [3.05, 3.63) is 22.5 Å². The van der Waals surface area contributed by atoms with Gasteiger partial charge in [0.25, 0.3) is 0 Å². The van der Waals surface area contributed by atoms with Crippen LogP contribution in [-0.4, -0.2) is 32.2 Å². The van der Waals surface area contributed by atoms with E-state index in [1.807, 2.05) is 0 Å². The van der Waals surface area contributed by atoms with E-state index in [0.29, 0.717) is 5.69 Å². The largest absolute Gasteiger partial charge is 0.478 e. The van der Waals surface area contributed by atoms with E-state index in [1.165, 1.54) is 0 Å². The molecule has 6 nitrogen and oxygen atoms in total. The summed E-state index contributed by atoms with van der Waals surface area (Å²) in [5.74, 6) is -2.49. The van der Waals surface area contributed by atoms with Crippen LogP contribution in [0.4, 0.5) is 0 Å². The van der Waals surface area contributed by atoms with Gasteiger partial charge >= 0.3 is 11.9 Å². The third-order valence-electron chi connectivity index (χ3n) is 2.71.